The van der Waals surface area contributed by atoms with Gasteiger partial charge in [0.15, 0.2) is 0 Å². The Bertz CT molecular complexity index is 597. The van der Waals surface area contributed by atoms with E-state index in [0.29, 0.717) is 12.6 Å². The molecular weight excluding hydrogens is 303 g/mol. The minimum Gasteiger partial charge on any atom is -0.353 e. The lowest BCUT2D eigenvalue weighted by atomic mass is 9.92. The highest BCUT2D eigenvalue weighted by Gasteiger charge is 2.40. The SMILES string of the molecule is O=C(N[C@H]1C[C@H]2CC[C@@H]1C2)C1CCN(Cc2ccccc2F)CC1. The maximum Gasteiger partial charge on any atom is 0.223 e. The summed E-state index contributed by atoms with van der Waals surface area (Å²) in [5.41, 5.74) is 0.752. The summed E-state index contributed by atoms with van der Waals surface area (Å²) in [6.45, 7) is 2.40. The fourth-order valence-electron chi connectivity index (χ4n) is 4.94. The first-order valence-electron chi connectivity index (χ1n) is 9.45. The molecule has 1 amide bonds. The highest BCUT2D eigenvalue weighted by Crippen LogP contribution is 2.44. The number of carbonyl (C=O) groups is 1. The van der Waals surface area contributed by atoms with Gasteiger partial charge in [0, 0.05) is 24.1 Å². The van der Waals surface area contributed by atoms with Crippen molar-refractivity contribution in [3.63, 3.8) is 0 Å². The molecule has 1 aromatic rings. The number of benzene rings is 1. The van der Waals surface area contributed by atoms with Crippen LogP contribution in [0, 0.1) is 23.6 Å². The van der Waals surface area contributed by atoms with E-state index in [1.807, 2.05) is 12.1 Å². The maximum atomic E-state index is 13.8. The van der Waals surface area contributed by atoms with Crippen molar-refractivity contribution >= 4 is 5.91 Å². The number of nitrogens with one attached hydrogen (secondary N) is 1. The van der Waals surface area contributed by atoms with Crippen molar-refractivity contribution in [1.82, 2.24) is 10.2 Å². The van der Waals surface area contributed by atoms with Crippen LogP contribution in [-0.4, -0.2) is 29.9 Å². The Hall–Kier alpha value is -1.42. The number of hydrogen-bond acceptors (Lipinski definition) is 2. The van der Waals surface area contributed by atoms with E-state index in [2.05, 4.69) is 10.2 Å². The third-order valence-electron chi connectivity index (χ3n) is 6.38. The van der Waals surface area contributed by atoms with Crippen molar-refractivity contribution in [1.29, 1.82) is 0 Å². The van der Waals surface area contributed by atoms with Crippen molar-refractivity contribution in [2.75, 3.05) is 13.1 Å². The lowest BCUT2D eigenvalue weighted by Crippen LogP contribution is -2.45. The Morgan fingerprint density at radius 2 is 1.92 bits per heavy atom. The zero-order valence-corrected chi connectivity index (χ0v) is 14.2. The molecule has 130 valence electrons. The molecule has 24 heavy (non-hydrogen) atoms. The second-order valence-corrected chi connectivity index (χ2v) is 7.93. The van der Waals surface area contributed by atoms with Gasteiger partial charge in [0.2, 0.25) is 5.91 Å². The van der Waals surface area contributed by atoms with E-state index < -0.39 is 0 Å². The van der Waals surface area contributed by atoms with Crippen molar-refractivity contribution in [2.24, 2.45) is 17.8 Å². The number of nitrogens with zero attached hydrogens (tertiary/aromatic N) is 1. The summed E-state index contributed by atoms with van der Waals surface area (Å²) in [6.07, 6.45) is 6.97. The molecule has 1 N–H and O–H groups in total. The Morgan fingerprint density at radius 3 is 2.58 bits per heavy atom. The van der Waals surface area contributed by atoms with Gasteiger partial charge >= 0.3 is 0 Å². The van der Waals surface area contributed by atoms with E-state index in [4.69, 9.17) is 0 Å². The molecule has 1 saturated heterocycles. The molecule has 2 aliphatic carbocycles. The average Bonchev–Trinajstić information content (AvgIpc) is 3.20. The van der Waals surface area contributed by atoms with Gasteiger partial charge in [-0.15, -0.1) is 0 Å². The quantitative estimate of drug-likeness (QED) is 0.918. The molecule has 4 heteroatoms. The first kappa shape index (κ1) is 16.1. The summed E-state index contributed by atoms with van der Waals surface area (Å²) in [7, 11) is 0. The van der Waals surface area contributed by atoms with E-state index in [1.54, 1.807) is 6.07 Å². The second-order valence-electron chi connectivity index (χ2n) is 7.93. The molecule has 0 spiro atoms. The van der Waals surface area contributed by atoms with Crippen LogP contribution in [-0.2, 0) is 11.3 Å². The molecular formula is C20H27FN2O. The summed E-state index contributed by atoms with van der Waals surface area (Å²) >= 11 is 0. The Morgan fingerprint density at radius 1 is 1.12 bits per heavy atom. The first-order chi connectivity index (χ1) is 11.7. The van der Waals surface area contributed by atoms with Gasteiger partial charge in [-0.25, -0.2) is 4.39 Å². The first-order valence-corrected chi connectivity index (χ1v) is 9.45. The molecule has 0 aromatic heterocycles. The van der Waals surface area contributed by atoms with Gasteiger partial charge < -0.3 is 5.32 Å². The largest absolute Gasteiger partial charge is 0.353 e. The van der Waals surface area contributed by atoms with Crippen molar-refractivity contribution in [3.8, 4) is 0 Å². The highest BCUT2D eigenvalue weighted by molar-refractivity contribution is 5.79. The summed E-state index contributed by atoms with van der Waals surface area (Å²) in [5, 5.41) is 3.34. The molecule has 1 aromatic carbocycles. The number of halogens is 1. The molecule has 3 aliphatic rings. The van der Waals surface area contributed by atoms with Crippen LogP contribution in [0.1, 0.15) is 44.1 Å². The van der Waals surface area contributed by atoms with Crippen molar-refractivity contribution in [3.05, 3.63) is 35.6 Å². The van der Waals surface area contributed by atoms with E-state index in [1.165, 1.54) is 31.7 Å². The molecule has 2 saturated carbocycles. The number of amides is 1. The van der Waals surface area contributed by atoms with Crippen LogP contribution in [0.2, 0.25) is 0 Å². The number of hydrogen-bond donors (Lipinski definition) is 1. The van der Waals surface area contributed by atoms with Crippen LogP contribution in [0.5, 0.6) is 0 Å². The minimum absolute atomic E-state index is 0.131. The predicted molar refractivity (Wildman–Crippen MR) is 91.8 cm³/mol. The molecule has 0 unspecified atom stereocenters. The van der Waals surface area contributed by atoms with Crippen LogP contribution in [0.15, 0.2) is 24.3 Å². The monoisotopic (exact) mass is 330 g/mol. The highest BCUT2D eigenvalue weighted by atomic mass is 19.1. The lowest BCUT2D eigenvalue weighted by molar-refractivity contribution is -0.127. The van der Waals surface area contributed by atoms with E-state index in [0.717, 1.165) is 43.3 Å². The lowest BCUT2D eigenvalue weighted by Gasteiger charge is -2.33. The predicted octanol–water partition coefficient (Wildman–Crippen LogP) is 3.34. The van der Waals surface area contributed by atoms with Gasteiger partial charge in [0.1, 0.15) is 5.82 Å². The van der Waals surface area contributed by atoms with Crippen molar-refractivity contribution < 1.29 is 9.18 Å². The Labute approximate surface area is 143 Å². The molecule has 2 bridgehead atoms. The van der Waals surface area contributed by atoms with Crippen LogP contribution >= 0.6 is 0 Å². The number of fused-ring (bicyclic) bond motifs is 2. The number of carbonyl (C=O) groups excluding carboxylic acids is 1. The normalized spacial score (nSPS) is 30.6. The summed E-state index contributed by atoms with van der Waals surface area (Å²) < 4.78 is 13.8. The maximum absolute atomic E-state index is 13.8. The van der Waals surface area contributed by atoms with Gasteiger partial charge in [-0.05, 0) is 63.1 Å². The number of likely N-dealkylation sites (tertiary alicyclic amines) is 1. The number of rotatable bonds is 4. The fourth-order valence-corrected chi connectivity index (χ4v) is 4.94. The molecule has 1 heterocycles. The molecule has 3 fully saturated rings. The van der Waals surface area contributed by atoms with Gasteiger partial charge in [-0.2, -0.15) is 0 Å². The van der Waals surface area contributed by atoms with Gasteiger partial charge in [0.25, 0.3) is 0 Å². The average molecular weight is 330 g/mol. The number of piperidine rings is 1. The summed E-state index contributed by atoms with van der Waals surface area (Å²) in [5.74, 6) is 1.87. The standard InChI is InChI=1S/C20H27FN2O/c21-18-4-2-1-3-17(18)13-23-9-7-15(8-10-23)20(24)22-19-12-14-5-6-16(19)11-14/h1-4,14-16,19H,5-13H2,(H,22,24)/t14-,16+,19-/m0/s1. The van der Waals surface area contributed by atoms with Crippen LogP contribution in [0.3, 0.4) is 0 Å². The van der Waals surface area contributed by atoms with E-state index in [-0.39, 0.29) is 17.6 Å². The second kappa shape index (κ2) is 6.83. The zero-order valence-electron chi connectivity index (χ0n) is 14.2. The third-order valence-corrected chi connectivity index (χ3v) is 6.38. The van der Waals surface area contributed by atoms with Crippen molar-refractivity contribution in [2.45, 2.75) is 51.1 Å². The third kappa shape index (κ3) is 3.34. The Kier molecular flexibility index (Phi) is 4.57. The zero-order chi connectivity index (χ0) is 16.5. The summed E-state index contributed by atoms with van der Waals surface area (Å²) in [6, 6.07) is 7.42. The topological polar surface area (TPSA) is 32.3 Å². The molecule has 3 atom stereocenters. The Balaban J connectivity index is 1.25. The van der Waals surface area contributed by atoms with Crippen LogP contribution in [0.25, 0.3) is 0 Å². The van der Waals surface area contributed by atoms with E-state index >= 15 is 0 Å². The smallest absolute Gasteiger partial charge is 0.223 e. The van der Waals surface area contributed by atoms with E-state index in [9.17, 15) is 9.18 Å². The van der Waals surface area contributed by atoms with Crippen LogP contribution < -0.4 is 5.32 Å². The molecule has 0 radical (unpaired) electrons. The molecule has 4 rings (SSSR count). The van der Waals surface area contributed by atoms with Gasteiger partial charge in [-0.1, -0.05) is 24.6 Å². The van der Waals surface area contributed by atoms with Gasteiger partial charge in [-0.3, -0.25) is 9.69 Å². The fraction of sp³-hybridized carbons (Fsp3) is 0.650. The molecule has 3 nitrogen and oxygen atoms in total. The minimum atomic E-state index is -0.131. The summed E-state index contributed by atoms with van der Waals surface area (Å²) in [4.78, 5) is 14.8. The van der Waals surface area contributed by atoms with Gasteiger partial charge in [0.05, 0.1) is 0 Å². The molecule has 1 aliphatic heterocycles. The van der Waals surface area contributed by atoms with Crippen LogP contribution in [0.4, 0.5) is 4.39 Å².